The summed E-state index contributed by atoms with van der Waals surface area (Å²) in [6.07, 6.45) is -0.786. The Morgan fingerprint density at radius 1 is 1.05 bits per heavy atom. The van der Waals surface area contributed by atoms with Gasteiger partial charge < -0.3 is 18.9 Å². The van der Waals surface area contributed by atoms with Crippen molar-refractivity contribution in [2.45, 2.75) is 62.1 Å². The Hall–Kier alpha value is -2.55. The Balaban J connectivity index is 2.14. The van der Waals surface area contributed by atoms with Crippen molar-refractivity contribution in [2.75, 3.05) is 25.7 Å². The summed E-state index contributed by atoms with van der Waals surface area (Å²) in [6.45, 7) is 7.18. The molecule has 0 radical (unpaired) electrons. The van der Waals surface area contributed by atoms with Gasteiger partial charge in [0.25, 0.3) is 0 Å². The molecule has 38 heavy (non-hydrogen) atoms. The van der Waals surface area contributed by atoms with E-state index in [9.17, 15) is 9.59 Å². The number of carbonyl (C=O) groups is 2. The number of rotatable bonds is 7. The van der Waals surface area contributed by atoms with Crippen molar-refractivity contribution < 1.29 is 28.5 Å². The van der Waals surface area contributed by atoms with E-state index in [1.807, 2.05) is 37.3 Å². The molecule has 1 heterocycles. The van der Waals surface area contributed by atoms with E-state index in [4.69, 9.17) is 53.8 Å². The Labute approximate surface area is 238 Å². The fourth-order valence-corrected chi connectivity index (χ4v) is 4.46. The zero-order valence-corrected chi connectivity index (χ0v) is 24.6. The zero-order chi connectivity index (χ0) is 28.3. The van der Waals surface area contributed by atoms with E-state index in [-0.39, 0.29) is 6.61 Å². The van der Waals surface area contributed by atoms with Crippen LogP contribution >= 0.6 is 34.8 Å². The molecular weight excluding hydrogens is 555 g/mol. The fourth-order valence-electron chi connectivity index (χ4n) is 4.34. The van der Waals surface area contributed by atoms with Gasteiger partial charge in [0, 0.05) is 24.2 Å². The molecule has 0 saturated carbocycles. The van der Waals surface area contributed by atoms with Gasteiger partial charge >= 0.3 is 12.2 Å². The number of anilines is 1. The number of benzene rings is 2. The minimum Gasteiger partial charge on any atom is -0.493 e. The molecule has 0 spiro atoms. The molecule has 2 amide bonds. The lowest BCUT2D eigenvalue weighted by atomic mass is 9.90. The van der Waals surface area contributed by atoms with Gasteiger partial charge in [0.2, 0.25) is 3.79 Å². The molecule has 0 unspecified atom stereocenters. The van der Waals surface area contributed by atoms with Crippen LogP contribution in [0.3, 0.4) is 0 Å². The molecule has 0 N–H and O–H groups in total. The summed E-state index contributed by atoms with van der Waals surface area (Å²) in [6, 6.07) is 12.2. The summed E-state index contributed by atoms with van der Waals surface area (Å²) in [5.41, 5.74) is 0.653. The van der Waals surface area contributed by atoms with Crippen LogP contribution in [0, 0.1) is 0 Å². The molecule has 1 aliphatic rings. The maximum atomic E-state index is 13.5. The fraction of sp³-hybridized carbons (Fsp3) is 0.481. The number of nitrogens with zero attached hydrogens (tertiary/aromatic N) is 2. The van der Waals surface area contributed by atoms with Crippen molar-refractivity contribution in [3.8, 4) is 11.5 Å². The third-order valence-corrected chi connectivity index (χ3v) is 7.82. The van der Waals surface area contributed by atoms with Crippen LogP contribution in [0.1, 0.15) is 51.3 Å². The number of alkyl halides is 3. The third-order valence-electron chi connectivity index (χ3n) is 6.45. The smallest absolute Gasteiger partial charge is 0.415 e. The van der Waals surface area contributed by atoms with Gasteiger partial charge in [-0.15, -0.1) is 0 Å². The second kappa shape index (κ2) is 12.1. The Kier molecular flexibility index (Phi) is 9.55. The summed E-state index contributed by atoms with van der Waals surface area (Å²) < 4.78 is 20.4. The number of hydrogen-bond acceptors (Lipinski definition) is 6. The first-order chi connectivity index (χ1) is 17.8. The average molecular weight is 588 g/mol. The van der Waals surface area contributed by atoms with Gasteiger partial charge in [-0.05, 0) is 45.7 Å². The molecule has 2 aromatic carbocycles. The first kappa shape index (κ1) is 30.0. The molecule has 8 nitrogen and oxygen atoms in total. The van der Waals surface area contributed by atoms with Gasteiger partial charge in [0.1, 0.15) is 0 Å². The molecule has 208 valence electrons. The predicted octanol–water partition coefficient (Wildman–Crippen LogP) is 7.29. The first-order valence-corrected chi connectivity index (χ1v) is 13.3. The third kappa shape index (κ3) is 6.35. The highest BCUT2D eigenvalue weighted by atomic mass is 35.6. The van der Waals surface area contributed by atoms with Gasteiger partial charge in [-0.3, -0.25) is 9.80 Å². The molecule has 0 fully saturated rings. The Bertz CT molecular complexity index is 1140. The van der Waals surface area contributed by atoms with Gasteiger partial charge in [0.05, 0.1) is 32.6 Å². The lowest BCUT2D eigenvalue weighted by molar-refractivity contribution is 0.0437. The highest BCUT2D eigenvalue weighted by Crippen LogP contribution is 2.47. The maximum Gasteiger partial charge on any atom is 0.415 e. The quantitative estimate of drug-likeness (QED) is 0.317. The summed E-state index contributed by atoms with van der Waals surface area (Å²) in [4.78, 5) is 29.9. The predicted molar refractivity (Wildman–Crippen MR) is 149 cm³/mol. The van der Waals surface area contributed by atoms with Gasteiger partial charge in [-0.2, -0.15) is 0 Å². The minimum atomic E-state index is -1.86. The SMILES string of the molecule is CCOC(=O)N(Cc1ccccc1)[C@H]1C[C@@H](C)N(C(=O)OC(C)(C)C(Cl)(Cl)Cl)c2cc(OC)c(OC)cc21. The van der Waals surface area contributed by atoms with Crippen molar-refractivity contribution in [3.63, 3.8) is 0 Å². The molecule has 3 rings (SSSR count). The lowest BCUT2D eigenvalue weighted by Gasteiger charge is -2.44. The lowest BCUT2D eigenvalue weighted by Crippen LogP contribution is -2.51. The Morgan fingerprint density at radius 3 is 2.21 bits per heavy atom. The van der Waals surface area contributed by atoms with Gasteiger partial charge in [-0.1, -0.05) is 65.1 Å². The summed E-state index contributed by atoms with van der Waals surface area (Å²) in [5, 5.41) is 0. The summed E-state index contributed by atoms with van der Waals surface area (Å²) in [7, 11) is 3.02. The highest BCUT2D eigenvalue weighted by Gasteiger charge is 2.47. The van der Waals surface area contributed by atoms with Crippen molar-refractivity contribution >= 4 is 52.7 Å². The topological polar surface area (TPSA) is 77.5 Å². The van der Waals surface area contributed by atoms with Crippen LogP contribution in [0.5, 0.6) is 11.5 Å². The largest absolute Gasteiger partial charge is 0.493 e. The van der Waals surface area contributed by atoms with E-state index in [1.54, 1.807) is 24.0 Å². The zero-order valence-electron chi connectivity index (χ0n) is 22.3. The maximum absolute atomic E-state index is 13.5. The van der Waals surface area contributed by atoms with Crippen molar-refractivity contribution in [2.24, 2.45) is 0 Å². The molecular formula is C27H33Cl3N2O6. The average Bonchev–Trinajstić information content (AvgIpc) is 2.85. The van der Waals surface area contributed by atoms with E-state index >= 15 is 0 Å². The van der Waals surface area contributed by atoms with E-state index in [0.717, 1.165) is 5.56 Å². The molecule has 2 atom stereocenters. The molecule has 1 aliphatic heterocycles. The van der Waals surface area contributed by atoms with Crippen LogP contribution < -0.4 is 14.4 Å². The summed E-state index contributed by atoms with van der Waals surface area (Å²) in [5.74, 6) is 0.854. The van der Waals surface area contributed by atoms with E-state index in [2.05, 4.69) is 0 Å². The molecule has 0 bridgehead atoms. The Morgan fingerprint density at radius 2 is 1.66 bits per heavy atom. The number of amides is 2. The first-order valence-electron chi connectivity index (χ1n) is 12.2. The molecule has 11 heteroatoms. The number of halogens is 3. The molecule has 0 aliphatic carbocycles. The number of carbonyl (C=O) groups excluding carboxylic acids is 2. The van der Waals surface area contributed by atoms with E-state index < -0.39 is 33.7 Å². The van der Waals surface area contributed by atoms with Crippen LogP contribution in [-0.4, -0.2) is 53.3 Å². The van der Waals surface area contributed by atoms with Crippen molar-refractivity contribution in [1.29, 1.82) is 0 Å². The number of ether oxygens (including phenoxy) is 4. The van der Waals surface area contributed by atoms with Crippen LogP contribution in [0.2, 0.25) is 0 Å². The molecule has 0 saturated heterocycles. The standard InChI is InChI=1S/C27H33Cl3N2O6/c1-7-37-24(33)31(16-18-11-9-8-10-12-18)20-13-17(2)32(25(34)38-26(3,4)27(28,29)30)21-15-23(36-6)22(35-5)14-19(20)21/h8-12,14-15,17,20H,7,13,16H2,1-6H3/t17-,20+/m1/s1. The van der Waals surface area contributed by atoms with Crippen molar-refractivity contribution in [1.82, 2.24) is 4.90 Å². The van der Waals surface area contributed by atoms with E-state index in [1.165, 1.54) is 33.0 Å². The minimum absolute atomic E-state index is 0.218. The molecule has 0 aromatic heterocycles. The van der Waals surface area contributed by atoms with Crippen LogP contribution in [0.15, 0.2) is 42.5 Å². The normalized spacial score (nSPS) is 17.3. The number of hydrogen-bond donors (Lipinski definition) is 0. The van der Waals surface area contributed by atoms with Crippen LogP contribution in [-0.2, 0) is 16.0 Å². The second-order valence-corrected chi connectivity index (χ2v) is 11.7. The number of fused-ring (bicyclic) bond motifs is 1. The molecule has 2 aromatic rings. The van der Waals surface area contributed by atoms with Crippen molar-refractivity contribution in [3.05, 3.63) is 53.6 Å². The van der Waals surface area contributed by atoms with Crippen LogP contribution in [0.4, 0.5) is 15.3 Å². The number of methoxy groups -OCH3 is 2. The van der Waals surface area contributed by atoms with Crippen LogP contribution in [0.25, 0.3) is 0 Å². The second-order valence-electron chi connectivity index (χ2n) is 9.42. The monoisotopic (exact) mass is 586 g/mol. The highest BCUT2D eigenvalue weighted by molar-refractivity contribution is 6.68. The van der Waals surface area contributed by atoms with E-state index in [0.29, 0.717) is 35.7 Å². The van der Waals surface area contributed by atoms with Gasteiger partial charge in [-0.25, -0.2) is 9.59 Å². The van der Waals surface area contributed by atoms with Gasteiger partial charge in [0.15, 0.2) is 17.1 Å². The summed E-state index contributed by atoms with van der Waals surface area (Å²) >= 11 is 18.2.